The van der Waals surface area contributed by atoms with Crippen LogP contribution in [0.1, 0.15) is 50.3 Å². The van der Waals surface area contributed by atoms with E-state index in [1.165, 1.54) is 5.56 Å². The summed E-state index contributed by atoms with van der Waals surface area (Å²) in [4.78, 5) is 0. The van der Waals surface area contributed by atoms with Crippen LogP contribution in [-0.4, -0.2) is 0 Å². The second kappa shape index (κ2) is 2.85. The Kier molecular flexibility index (Phi) is 1.99. The Labute approximate surface area is 87.3 Å². The van der Waals surface area contributed by atoms with E-state index in [4.69, 9.17) is 0 Å². The predicted molar refractivity (Wildman–Crippen MR) is 61.8 cm³/mol. The molecule has 0 heterocycles. The monoisotopic (exact) mass is 188 g/mol. The molecule has 0 radical (unpaired) electrons. The Morgan fingerprint density at radius 3 is 2.36 bits per heavy atom. The largest absolute Gasteiger partial charge is 0.0617 e. The lowest BCUT2D eigenvalue weighted by atomic mass is 9.78. The van der Waals surface area contributed by atoms with Crippen LogP contribution >= 0.6 is 0 Å². The van der Waals surface area contributed by atoms with Crippen LogP contribution in [0.25, 0.3) is 0 Å². The molecule has 1 aromatic rings. The van der Waals surface area contributed by atoms with Crippen molar-refractivity contribution < 1.29 is 0 Å². The van der Waals surface area contributed by atoms with Gasteiger partial charge in [0.25, 0.3) is 0 Å². The van der Waals surface area contributed by atoms with Gasteiger partial charge in [-0.25, -0.2) is 0 Å². The second-order valence-corrected chi connectivity index (χ2v) is 5.34. The average Bonchev–Trinajstić information content (AvgIpc) is 2.30. The molecule has 0 heteroatoms. The minimum atomic E-state index is 0.348. The number of aryl methyl sites for hydroxylation is 1. The van der Waals surface area contributed by atoms with E-state index in [2.05, 4.69) is 52.8 Å². The Bertz CT molecular complexity index is 360. The molecule has 2 unspecified atom stereocenters. The second-order valence-electron chi connectivity index (χ2n) is 5.34. The van der Waals surface area contributed by atoms with Crippen LogP contribution in [0.5, 0.6) is 0 Å². The zero-order valence-electron chi connectivity index (χ0n) is 9.89. The van der Waals surface area contributed by atoms with Crippen molar-refractivity contribution in [1.29, 1.82) is 0 Å². The summed E-state index contributed by atoms with van der Waals surface area (Å²) in [5, 5.41) is 0. The zero-order chi connectivity index (χ0) is 10.5. The van der Waals surface area contributed by atoms with Crippen molar-refractivity contribution in [3.05, 3.63) is 34.9 Å². The maximum Gasteiger partial charge on any atom is -0.00693 e. The van der Waals surface area contributed by atoms with Gasteiger partial charge in [-0.3, -0.25) is 0 Å². The molecule has 2 atom stereocenters. The van der Waals surface area contributed by atoms with E-state index in [0.717, 1.165) is 5.92 Å². The summed E-state index contributed by atoms with van der Waals surface area (Å²) in [6, 6.07) is 6.74. The van der Waals surface area contributed by atoms with Crippen molar-refractivity contribution in [3.8, 4) is 0 Å². The molecule has 0 fully saturated rings. The van der Waals surface area contributed by atoms with E-state index >= 15 is 0 Å². The highest BCUT2D eigenvalue weighted by Crippen LogP contribution is 2.50. The third-order valence-corrected chi connectivity index (χ3v) is 4.36. The highest BCUT2D eigenvalue weighted by molar-refractivity contribution is 5.46. The highest BCUT2D eigenvalue weighted by Gasteiger charge is 2.41. The van der Waals surface area contributed by atoms with Crippen LogP contribution < -0.4 is 0 Å². The van der Waals surface area contributed by atoms with Gasteiger partial charge in [-0.05, 0) is 40.9 Å². The zero-order valence-corrected chi connectivity index (χ0v) is 9.89. The van der Waals surface area contributed by atoms with Gasteiger partial charge < -0.3 is 0 Å². The van der Waals surface area contributed by atoms with Crippen molar-refractivity contribution >= 4 is 0 Å². The van der Waals surface area contributed by atoms with Gasteiger partial charge in [-0.15, -0.1) is 0 Å². The normalized spacial score (nSPS) is 28.9. The van der Waals surface area contributed by atoms with Crippen LogP contribution in [0.15, 0.2) is 18.2 Å². The first-order chi connectivity index (χ1) is 6.46. The SMILES string of the molecule is Cc1cccc2c1C(C)C(C)C2(C)C. The minimum Gasteiger partial charge on any atom is -0.0617 e. The summed E-state index contributed by atoms with van der Waals surface area (Å²) in [5.74, 6) is 1.46. The molecule has 2 rings (SSSR count). The van der Waals surface area contributed by atoms with E-state index in [0.29, 0.717) is 11.3 Å². The van der Waals surface area contributed by atoms with E-state index in [9.17, 15) is 0 Å². The molecular weight excluding hydrogens is 168 g/mol. The van der Waals surface area contributed by atoms with E-state index in [1.807, 2.05) is 0 Å². The molecule has 0 spiro atoms. The summed E-state index contributed by atoms with van der Waals surface area (Å²) in [7, 11) is 0. The van der Waals surface area contributed by atoms with Gasteiger partial charge in [-0.1, -0.05) is 45.9 Å². The summed E-state index contributed by atoms with van der Waals surface area (Å²) in [6.07, 6.45) is 0. The van der Waals surface area contributed by atoms with Crippen molar-refractivity contribution in [1.82, 2.24) is 0 Å². The molecule has 1 aliphatic rings. The van der Waals surface area contributed by atoms with Crippen LogP contribution in [-0.2, 0) is 5.41 Å². The van der Waals surface area contributed by atoms with Gasteiger partial charge in [0.15, 0.2) is 0 Å². The summed E-state index contributed by atoms with van der Waals surface area (Å²) in [6.45, 7) is 11.7. The smallest absolute Gasteiger partial charge is 0.00693 e. The highest BCUT2D eigenvalue weighted by atomic mass is 14.5. The van der Waals surface area contributed by atoms with Gasteiger partial charge in [0.2, 0.25) is 0 Å². The standard InChI is InChI=1S/C14H20/c1-9-7-6-8-12-13(9)10(2)11(3)14(12,4)5/h6-8,10-11H,1-5H3. The van der Waals surface area contributed by atoms with Crippen LogP contribution in [0, 0.1) is 12.8 Å². The molecule has 76 valence electrons. The lowest BCUT2D eigenvalue weighted by molar-refractivity contribution is 0.342. The molecule has 0 aliphatic heterocycles. The average molecular weight is 188 g/mol. The Morgan fingerprint density at radius 2 is 1.79 bits per heavy atom. The van der Waals surface area contributed by atoms with Gasteiger partial charge in [0.1, 0.15) is 0 Å². The first-order valence-corrected chi connectivity index (χ1v) is 5.56. The summed E-state index contributed by atoms with van der Waals surface area (Å²) >= 11 is 0. The molecule has 0 saturated carbocycles. The summed E-state index contributed by atoms with van der Waals surface area (Å²) in [5.41, 5.74) is 4.98. The molecule has 0 amide bonds. The Hall–Kier alpha value is -0.780. The van der Waals surface area contributed by atoms with E-state index < -0.39 is 0 Å². The molecular formula is C14H20. The third-order valence-electron chi connectivity index (χ3n) is 4.36. The Morgan fingerprint density at radius 1 is 1.14 bits per heavy atom. The fourth-order valence-corrected chi connectivity index (χ4v) is 2.97. The van der Waals surface area contributed by atoms with Crippen molar-refractivity contribution in [2.45, 2.75) is 46.0 Å². The van der Waals surface area contributed by atoms with Crippen molar-refractivity contribution in [2.24, 2.45) is 5.92 Å². The quantitative estimate of drug-likeness (QED) is 0.576. The number of hydrogen-bond acceptors (Lipinski definition) is 0. The van der Waals surface area contributed by atoms with Gasteiger partial charge in [-0.2, -0.15) is 0 Å². The Balaban J connectivity index is 2.68. The fourth-order valence-electron chi connectivity index (χ4n) is 2.97. The molecule has 14 heavy (non-hydrogen) atoms. The fraction of sp³-hybridized carbons (Fsp3) is 0.571. The molecule has 0 nitrogen and oxygen atoms in total. The van der Waals surface area contributed by atoms with E-state index in [-0.39, 0.29) is 0 Å². The first-order valence-electron chi connectivity index (χ1n) is 5.56. The van der Waals surface area contributed by atoms with Gasteiger partial charge in [0, 0.05) is 0 Å². The van der Waals surface area contributed by atoms with Crippen LogP contribution in [0.3, 0.4) is 0 Å². The molecule has 0 saturated heterocycles. The summed E-state index contributed by atoms with van der Waals surface area (Å²) < 4.78 is 0. The molecule has 0 aromatic heterocycles. The van der Waals surface area contributed by atoms with Gasteiger partial charge >= 0.3 is 0 Å². The third kappa shape index (κ3) is 1.06. The maximum atomic E-state index is 2.38. The lowest BCUT2D eigenvalue weighted by Gasteiger charge is -2.26. The van der Waals surface area contributed by atoms with Crippen molar-refractivity contribution in [3.63, 3.8) is 0 Å². The number of benzene rings is 1. The number of hydrogen-bond donors (Lipinski definition) is 0. The van der Waals surface area contributed by atoms with Crippen LogP contribution in [0.4, 0.5) is 0 Å². The maximum absolute atomic E-state index is 2.38. The number of fused-ring (bicyclic) bond motifs is 1. The number of rotatable bonds is 0. The predicted octanol–water partition coefficient (Wildman–Crippen LogP) is 4.03. The topological polar surface area (TPSA) is 0 Å². The lowest BCUT2D eigenvalue weighted by Crippen LogP contribution is -2.22. The van der Waals surface area contributed by atoms with Crippen LogP contribution in [0.2, 0.25) is 0 Å². The molecule has 1 aliphatic carbocycles. The van der Waals surface area contributed by atoms with Crippen molar-refractivity contribution in [2.75, 3.05) is 0 Å². The molecule has 1 aromatic carbocycles. The van der Waals surface area contributed by atoms with Gasteiger partial charge in [0.05, 0.1) is 0 Å². The van der Waals surface area contributed by atoms with E-state index in [1.54, 1.807) is 11.1 Å². The molecule has 0 bridgehead atoms. The first kappa shape index (κ1) is 9.76. The molecule has 0 N–H and O–H groups in total. The minimum absolute atomic E-state index is 0.348.